The molecule has 0 fully saturated rings. The Bertz CT molecular complexity index is 580. The first-order valence-corrected chi connectivity index (χ1v) is 5.06. The smallest absolute Gasteiger partial charge is 0.123 e. The summed E-state index contributed by atoms with van der Waals surface area (Å²) in [5.74, 6) is -0.111. The fourth-order valence-corrected chi connectivity index (χ4v) is 2.30. The van der Waals surface area contributed by atoms with E-state index >= 15 is 0 Å². The third-order valence-corrected chi connectivity index (χ3v) is 3.03. The van der Waals surface area contributed by atoms with Crippen LogP contribution in [0.5, 0.6) is 5.75 Å². The van der Waals surface area contributed by atoms with E-state index in [9.17, 15) is 9.50 Å². The lowest BCUT2D eigenvalue weighted by atomic mass is 10.1. The quantitative estimate of drug-likeness (QED) is 0.709. The zero-order chi connectivity index (χ0) is 11.3. The SMILES string of the molecule is NC1c2cc(F)ccc2-c2c(O)cccc21. The molecule has 0 amide bonds. The Kier molecular flexibility index (Phi) is 1.79. The number of phenolic OH excluding ortho intramolecular Hbond substituents is 1. The van der Waals surface area contributed by atoms with E-state index in [1.54, 1.807) is 18.2 Å². The molecule has 3 rings (SSSR count). The molecule has 2 nitrogen and oxygen atoms in total. The van der Waals surface area contributed by atoms with Gasteiger partial charge >= 0.3 is 0 Å². The number of fused-ring (bicyclic) bond motifs is 3. The van der Waals surface area contributed by atoms with Crippen molar-refractivity contribution in [2.75, 3.05) is 0 Å². The molecule has 2 aromatic carbocycles. The minimum atomic E-state index is -0.354. The summed E-state index contributed by atoms with van der Waals surface area (Å²) in [5, 5.41) is 9.82. The number of nitrogens with two attached hydrogens (primary N) is 1. The number of hydrogen-bond donors (Lipinski definition) is 2. The predicted octanol–water partition coefficient (Wildman–Crippen LogP) is 2.56. The van der Waals surface area contributed by atoms with Gasteiger partial charge < -0.3 is 10.8 Å². The van der Waals surface area contributed by atoms with Crippen molar-refractivity contribution < 1.29 is 9.50 Å². The van der Waals surface area contributed by atoms with E-state index in [-0.39, 0.29) is 17.6 Å². The molecule has 80 valence electrons. The first kappa shape index (κ1) is 9.36. The van der Waals surface area contributed by atoms with E-state index < -0.39 is 0 Å². The normalized spacial score (nSPS) is 17.0. The van der Waals surface area contributed by atoms with Gasteiger partial charge in [-0.3, -0.25) is 0 Å². The van der Waals surface area contributed by atoms with Crippen LogP contribution in [0.25, 0.3) is 11.1 Å². The Morgan fingerprint density at radius 2 is 1.94 bits per heavy atom. The van der Waals surface area contributed by atoms with Crippen molar-refractivity contribution in [2.24, 2.45) is 5.73 Å². The van der Waals surface area contributed by atoms with E-state index in [4.69, 9.17) is 5.73 Å². The Morgan fingerprint density at radius 3 is 2.75 bits per heavy atom. The highest BCUT2D eigenvalue weighted by atomic mass is 19.1. The number of hydrogen-bond acceptors (Lipinski definition) is 2. The summed E-state index contributed by atoms with van der Waals surface area (Å²) in [4.78, 5) is 0. The predicted molar refractivity (Wildman–Crippen MR) is 59.5 cm³/mol. The summed E-state index contributed by atoms with van der Waals surface area (Å²) in [7, 11) is 0. The third kappa shape index (κ3) is 1.09. The van der Waals surface area contributed by atoms with Crippen molar-refractivity contribution in [1.82, 2.24) is 0 Å². The second-order valence-corrected chi connectivity index (χ2v) is 3.95. The zero-order valence-electron chi connectivity index (χ0n) is 8.44. The number of benzene rings is 2. The van der Waals surface area contributed by atoms with Crippen LogP contribution in [0.2, 0.25) is 0 Å². The molecule has 0 heterocycles. The summed E-state index contributed by atoms with van der Waals surface area (Å²) < 4.78 is 13.1. The van der Waals surface area contributed by atoms with Crippen LogP contribution in [0.1, 0.15) is 17.2 Å². The molecule has 0 radical (unpaired) electrons. The van der Waals surface area contributed by atoms with Gasteiger partial charge in [0, 0.05) is 5.56 Å². The lowest BCUT2D eigenvalue weighted by Crippen LogP contribution is -2.08. The van der Waals surface area contributed by atoms with Gasteiger partial charge in [-0.1, -0.05) is 18.2 Å². The van der Waals surface area contributed by atoms with Crippen LogP contribution < -0.4 is 5.73 Å². The summed E-state index contributed by atoms with van der Waals surface area (Å²) >= 11 is 0. The second-order valence-electron chi connectivity index (χ2n) is 3.95. The number of rotatable bonds is 0. The van der Waals surface area contributed by atoms with Gasteiger partial charge in [-0.2, -0.15) is 0 Å². The highest BCUT2D eigenvalue weighted by Gasteiger charge is 2.28. The fourth-order valence-electron chi connectivity index (χ4n) is 2.30. The Labute approximate surface area is 92.1 Å². The first-order valence-electron chi connectivity index (χ1n) is 5.06. The average Bonchev–Trinajstić information content (AvgIpc) is 2.55. The number of aromatic hydroxyl groups is 1. The van der Waals surface area contributed by atoms with Crippen molar-refractivity contribution in [3.8, 4) is 16.9 Å². The van der Waals surface area contributed by atoms with Crippen molar-refractivity contribution in [2.45, 2.75) is 6.04 Å². The summed E-state index contributed by atoms with van der Waals surface area (Å²) in [6.45, 7) is 0. The van der Waals surface area contributed by atoms with Crippen molar-refractivity contribution in [1.29, 1.82) is 0 Å². The Morgan fingerprint density at radius 1 is 1.12 bits per heavy atom. The maximum atomic E-state index is 13.1. The van der Waals surface area contributed by atoms with Crippen LogP contribution in [0.3, 0.4) is 0 Å². The fraction of sp³-hybridized carbons (Fsp3) is 0.0769. The molecule has 1 aliphatic rings. The molecule has 3 heteroatoms. The molecule has 0 saturated heterocycles. The van der Waals surface area contributed by atoms with E-state index in [1.165, 1.54) is 12.1 Å². The average molecular weight is 215 g/mol. The van der Waals surface area contributed by atoms with Crippen molar-refractivity contribution >= 4 is 0 Å². The van der Waals surface area contributed by atoms with Crippen LogP contribution in [0, 0.1) is 5.82 Å². The lowest BCUT2D eigenvalue weighted by molar-refractivity contribution is 0.477. The van der Waals surface area contributed by atoms with E-state index in [0.717, 1.165) is 22.3 Å². The summed E-state index contributed by atoms with van der Waals surface area (Å²) in [6.07, 6.45) is 0. The van der Waals surface area contributed by atoms with Crippen LogP contribution in [-0.4, -0.2) is 5.11 Å². The summed E-state index contributed by atoms with van der Waals surface area (Å²) in [5.41, 5.74) is 9.15. The molecule has 2 aromatic rings. The molecule has 0 aliphatic heterocycles. The second kappa shape index (κ2) is 3.06. The van der Waals surface area contributed by atoms with Crippen LogP contribution >= 0.6 is 0 Å². The van der Waals surface area contributed by atoms with Gasteiger partial charge in [0.25, 0.3) is 0 Å². The molecular formula is C13H10FNO. The minimum absolute atomic E-state index is 0.193. The van der Waals surface area contributed by atoms with E-state index in [2.05, 4.69) is 0 Å². The van der Waals surface area contributed by atoms with E-state index in [1.807, 2.05) is 6.07 Å². The topological polar surface area (TPSA) is 46.2 Å². The Balaban J connectivity index is 2.36. The van der Waals surface area contributed by atoms with Gasteiger partial charge in [0.1, 0.15) is 11.6 Å². The van der Waals surface area contributed by atoms with E-state index in [0.29, 0.717) is 0 Å². The molecule has 1 unspecified atom stereocenters. The van der Waals surface area contributed by atoms with Crippen molar-refractivity contribution in [3.63, 3.8) is 0 Å². The van der Waals surface area contributed by atoms with Crippen LogP contribution in [0.15, 0.2) is 36.4 Å². The van der Waals surface area contributed by atoms with Crippen LogP contribution in [0.4, 0.5) is 4.39 Å². The highest BCUT2D eigenvalue weighted by Crippen LogP contribution is 2.46. The molecule has 0 bridgehead atoms. The highest BCUT2D eigenvalue weighted by molar-refractivity contribution is 5.82. The van der Waals surface area contributed by atoms with Gasteiger partial charge in [-0.15, -0.1) is 0 Å². The van der Waals surface area contributed by atoms with Crippen molar-refractivity contribution in [3.05, 3.63) is 53.3 Å². The molecular weight excluding hydrogens is 205 g/mol. The zero-order valence-corrected chi connectivity index (χ0v) is 8.44. The molecule has 1 aliphatic carbocycles. The number of halogens is 1. The molecule has 0 spiro atoms. The molecule has 0 aromatic heterocycles. The monoisotopic (exact) mass is 215 g/mol. The third-order valence-electron chi connectivity index (χ3n) is 3.03. The standard InChI is InChI=1S/C13H10FNO/c14-7-4-5-8-10(6-7)13(15)9-2-1-3-11(16)12(8)9/h1-6,13,16H,15H2. The van der Waals surface area contributed by atoms with Gasteiger partial charge in [-0.25, -0.2) is 4.39 Å². The maximum Gasteiger partial charge on any atom is 0.123 e. The number of phenols is 1. The minimum Gasteiger partial charge on any atom is -0.507 e. The molecule has 3 N–H and O–H groups in total. The van der Waals surface area contributed by atoms with Gasteiger partial charge in [0.2, 0.25) is 0 Å². The summed E-state index contributed by atoms with van der Waals surface area (Å²) in [6, 6.07) is 9.34. The molecule has 16 heavy (non-hydrogen) atoms. The largest absolute Gasteiger partial charge is 0.507 e. The van der Waals surface area contributed by atoms with Gasteiger partial charge in [0.05, 0.1) is 6.04 Å². The lowest BCUT2D eigenvalue weighted by Gasteiger charge is -2.05. The maximum absolute atomic E-state index is 13.1. The molecule has 1 atom stereocenters. The van der Waals surface area contributed by atoms with Gasteiger partial charge in [0.15, 0.2) is 0 Å². The van der Waals surface area contributed by atoms with Gasteiger partial charge in [-0.05, 0) is 34.9 Å². The Hall–Kier alpha value is -1.87. The van der Waals surface area contributed by atoms with Crippen LogP contribution in [-0.2, 0) is 0 Å². The first-order chi connectivity index (χ1) is 7.68. The molecule has 0 saturated carbocycles.